The Morgan fingerprint density at radius 3 is 2.41 bits per heavy atom. The summed E-state index contributed by atoms with van der Waals surface area (Å²) in [6.45, 7) is 0. The number of hydrogen-bond donors (Lipinski definition) is 1. The highest BCUT2D eigenvalue weighted by Crippen LogP contribution is 2.35. The van der Waals surface area contributed by atoms with Crippen LogP contribution >= 0.6 is 11.6 Å². The van der Waals surface area contributed by atoms with Gasteiger partial charge in [0.05, 0.1) is 10.6 Å². The lowest BCUT2D eigenvalue weighted by molar-refractivity contribution is -0.140. The molecule has 1 N–H and O–H groups in total. The fraction of sp³-hybridized carbons (Fsp3) is 0.300. The quantitative estimate of drug-likeness (QED) is 0.854. The fourth-order valence-corrected chi connectivity index (χ4v) is 1.51. The number of carbonyl (C=O) groups is 1. The van der Waals surface area contributed by atoms with Crippen molar-refractivity contribution in [3.8, 4) is 0 Å². The third-order valence-corrected chi connectivity index (χ3v) is 2.38. The smallest absolute Gasteiger partial charge is 0.416 e. The molecular formula is C10H7ClF4O2. The van der Waals surface area contributed by atoms with Crippen LogP contribution in [0.2, 0.25) is 5.02 Å². The van der Waals surface area contributed by atoms with Gasteiger partial charge >= 0.3 is 12.1 Å². The Balaban J connectivity index is 3.22. The Kier molecular flexibility index (Phi) is 3.98. The van der Waals surface area contributed by atoms with Crippen molar-refractivity contribution in [2.75, 3.05) is 0 Å². The zero-order valence-electron chi connectivity index (χ0n) is 8.31. The maximum absolute atomic E-state index is 13.4. The Bertz CT molecular complexity index is 443. The van der Waals surface area contributed by atoms with Crippen LogP contribution in [-0.4, -0.2) is 11.1 Å². The van der Waals surface area contributed by atoms with E-state index in [-0.39, 0.29) is 0 Å². The van der Waals surface area contributed by atoms with Crippen molar-refractivity contribution < 1.29 is 27.5 Å². The van der Waals surface area contributed by atoms with Crippen molar-refractivity contribution in [2.45, 2.75) is 19.0 Å². The van der Waals surface area contributed by atoms with E-state index in [4.69, 9.17) is 16.7 Å². The maximum atomic E-state index is 13.4. The molecule has 1 aromatic rings. The molecule has 2 nitrogen and oxygen atoms in total. The van der Waals surface area contributed by atoms with Gasteiger partial charge in [-0.3, -0.25) is 4.79 Å². The number of aliphatic carboxylic acids is 1. The fourth-order valence-electron chi connectivity index (χ4n) is 1.33. The Hall–Kier alpha value is -1.30. The average Bonchev–Trinajstić information content (AvgIpc) is 2.18. The molecule has 94 valence electrons. The minimum Gasteiger partial charge on any atom is -0.481 e. The molecule has 0 aliphatic heterocycles. The number of rotatable bonds is 3. The molecule has 0 spiro atoms. The maximum Gasteiger partial charge on any atom is 0.416 e. The van der Waals surface area contributed by atoms with Gasteiger partial charge in [0.25, 0.3) is 0 Å². The molecule has 1 aromatic carbocycles. The van der Waals surface area contributed by atoms with Crippen LogP contribution in [-0.2, 0) is 17.4 Å². The first kappa shape index (κ1) is 13.8. The summed E-state index contributed by atoms with van der Waals surface area (Å²) >= 11 is 5.36. The summed E-state index contributed by atoms with van der Waals surface area (Å²) in [7, 11) is 0. The van der Waals surface area contributed by atoms with E-state index in [1.807, 2.05) is 0 Å². The molecule has 0 radical (unpaired) electrons. The van der Waals surface area contributed by atoms with Crippen molar-refractivity contribution in [2.24, 2.45) is 0 Å². The molecule has 0 unspecified atom stereocenters. The number of halogens is 5. The number of benzene rings is 1. The first-order valence-electron chi connectivity index (χ1n) is 4.49. The van der Waals surface area contributed by atoms with E-state index in [9.17, 15) is 22.4 Å². The minimum absolute atomic E-state index is 0.460. The van der Waals surface area contributed by atoms with E-state index < -0.39 is 47.0 Å². The first-order valence-corrected chi connectivity index (χ1v) is 4.87. The molecule has 0 saturated heterocycles. The molecule has 17 heavy (non-hydrogen) atoms. The van der Waals surface area contributed by atoms with Crippen molar-refractivity contribution >= 4 is 17.6 Å². The highest BCUT2D eigenvalue weighted by molar-refractivity contribution is 6.30. The topological polar surface area (TPSA) is 37.3 Å². The van der Waals surface area contributed by atoms with E-state index >= 15 is 0 Å². The summed E-state index contributed by atoms with van der Waals surface area (Å²) < 4.78 is 51.0. The van der Waals surface area contributed by atoms with Gasteiger partial charge in [0.1, 0.15) is 5.82 Å². The van der Waals surface area contributed by atoms with Crippen LogP contribution in [0.1, 0.15) is 17.5 Å². The Morgan fingerprint density at radius 2 is 1.94 bits per heavy atom. The molecular weight excluding hydrogens is 264 g/mol. The summed E-state index contributed by atoms with van der Waals surface area (Å²) in [6, 6.07) is 1.44. The highest BCUT2D eigenvalue weighted by atomic mass is 35.5. The van der Waals surface area contributed by atoms with Gasteiger partial charge in [-0.15, -0.1) is 0 Å². The Morgan fingerprint density at radius 1 is 1.35 bits per heavy atom. The third kappa shape index (κ3) is 3.33. The highest BCUT2D eigenvalue weighted by Gasteiger charge is 2.35. The van der Waals surface area contributed by atoms with Crippen molar-refractivity contribution in [3.05, 3.63) is 34.1 Å². The van der Waals surface area contributed by atoms with E-state index in [1.165, 1.54) is 0 Å². The largest absolute Gasteiger partial charge is 0.481 e. The molecule has 0 fully saturated rings. The minimum atomic E-state index is -4.74. The zero-order chi connectivity index (χ0) is 13.2. The predicted molar refractivity (Wildman–Crippen MR) is 52.4 cm³/mol. The molecule has 0 aromatic heterocycles. The van der Waals surface area contributed by atoms with Crippen molar-refractivity contribution in [3.63, 3.8) is 0 Å². The summed E-state index contributed by atoms with van der Waals surface area (Å²) in [4.78, 5) is 10.3. The molecule has 1 rings (SSSR count). The second kappa shape index (κ2) is 4.91. The molecule has 0 saturated carbocycles. The molecule has 0 aliphatic rings. The normalized spacial score (nSPS) is 11.6. The van der Waals surface area contributed by atoms with Gasteiger partial charge in [0.2, 0.25) is 0 Å². The van der Waals surface area contributed by atoms with Crippen LogP contribution in [0.15, 0.2) is 12.1 Å². The van der Waals surface area contributed by atoms with Crippen LogP contribution in [0.5, 0.6) is 0 Å². The molecule has 7 heteroatoms. The molecule has 0 amide bonds. The molecule has 0 heterocycles. The summed E-state index contributed by atoms with van der Waals surface area (Å²) in [6.07, 6.45) is -5.89. The number of carboxylic acid groups (broad SMARTS) is 1. The zero-order valence-corrected chi connectivity index (χ0v) is 9.07. The second-order valence-electron chi connectivity index (χ2n) is 3.28. The summed E-state index contributed by atoms with van der Waals surface area (Å²) in [5, 5.41) is 7.93. The van der Waals surface area contributed by atoms with Gasteiger partial charge in [-0.2, -0.15) is 13.2 Å². The van der Waals surface area contributed by atoms with Gasteiger partial charge in [-0.1, -0.05) is 11.6 Å². The van der Waals surface area contributed by atoms with Crippen LogP contribution in [0.3, 0.4) is 0 Å². The molecule has 0 atom stereocenters. The van der Waals surface area contributed by atoms with Crippen LogP contribution in [0.25, 0.3) is 0 Å². The van der Waals surface area contributed by atoms with Crippen LogP contribution in [0, 0.1) is 5.82 Å². The predicted octanol–water partition coefficient (Wildman–Crippen LogP) is 3.52. The third-order valence-electron chi connectivity index (χ3n) is 2.09. The Labute approximate surface area is 98.8 Å². The van der Waals surface area contributed by atoms with Crippen molar-refractivity contribution in [1.82, 2.24) is 0 Å². The number of alkyl halides is 3. The lowest BCUT2D eigenvalue weighted by atomic mass is 10.0. The van der Waals surface area contributed by atoms with Gasteiger partial charge in [-0.25, -0.2) is 4.39 Å². The lowest BCUT2D eigenvalue weighted by Gasteiger charge is -2.13. The lowest BCUT2D eigenvalue weighted by Crippen LogP contribution is -2.12. The van der Waals surface area contributed by atoms with Gasteiger partial charge in [-0.05, 0) is 18.6 Å². The standard InChI is InChI=1S/C10H7ClF4O2/c11-7-3-2-6(10(13,14)15)5(9(7)12)1-4-8(16)17/h2-3H,1,4H2,(H,16,17). The monoisotopic (exact) mass is 270 g/mol. The second-order valence-corrected chi connectivity index (χ2v) is 3.69. The van der Waals surface area contributed by atoms with Gasteiger partial charge in [0.15, 0.2) is 0 Å². The molecule has 0 aliphatic carbocycles. The van der Waals surface area contributed by atoms with Gasteiger partial charge in [0, 0.05) is 12.0 Å². The summed E-state index contributed by atoms with van der Waals surface area (Å²) in [5.41, 5.74) is -1.91. The van der Waals surface area contributed by atoms with E-state index in [0.717, 1.165) is 6.07 Å². The van der Waals surface area contributed by atoms with E-state index in [2.05, 4.69) is 0 Å². The van der Waals surface area contributed by atoms with E-state index in [0.29, 0.717) is 6.07 Å². The number of carboxylic acids is 1. The van der Waals surface area contributed by atoms with Crippen LogP contribution < -0.4 is 0 Å². The average molecular weight is 271 g/mol. The summed E-state index contributed by atoms with van der Waals surface area (Å²) in [5.74, 6) is -2.53. The van der Waals surface area contributed by atoms with Gasteiger partial charge < -0.3 is 5.11 Å². The van der Waals surface area contributed by atoms with Crippen molar-refractivity contribution in [1.29, 1.82) is 0 Å². The van der Waals surface area contributed by atoms with E-state index in [1.54, 1.807) is 0 Å². The SMILES string of the molecule is O=C(O)CCc1c(C(F)(F)F)ccc(Cl)c1F. The molecule has 0 bridgehead atoms. The first-order chi connectivity index (χ1) is 7.73. The number of hydrogen-bond acceptors (Lipinski definition) is 1. The van der Waals surface area contributed by atoms with Crippen LogP contribution in [0.4, 0.5) is 17.6 Å².